The molecule has 0 radical (unpaired) electrons. The number of benzene rings is 2. The Balaban J connectivity index is 1.75. The van der Waals surface area contributed by atoms with Crippen LogP contribution in [0.15, 0.2) is 54.7 Å². The van der Waals surface area contributed by atoms with E-state index in [0.717, 1.165) is 5.56 Å². The zero-order valence-electron chi connectivity index (χ0n) is 15.2. The van der Waals surface area contributed by atoms with Gasteiger partial charge in [0.2, 0.25) is 5.95 Å². The normalized spacial score (nSPS) is 10.2. The minimum atomic E-state index is -0.450. The van der Waals surface area contributed by atoms with E-state index in [4.69, 9.17) is 16.3 Å². The van der Waals surface area contributed by atoms with E-state index in [2.05, 4.69) is 20.6 Å². The number of anilines is 3. The Hall–Kier alpha value is -3.45. The Morgan fingerprint density at radius 2 is 1.89 bits per heavy atom. The standard InChI is InChI=1S/C20H17ClN4O3/c1-12-6-7-15(11-16(12)21)23-18(26)17-8-9-22-20(25-17)24-14-5-3-4-13(10-14)19(27)28-2/h3-11H,1-2H3,(H,23,26)(H,22,24,25). The van der Waals surface area contributed by atoms with E-state index in [1.807, 2.05) is 13.0 Å². The Kier molecular flexibility index (Phi) is 5.86. The van der Waals surface area contributed by atoms with Gasteiger partial charge in [0.25, 0.3) is 5.91 Å². The maximum absolute atomic E-state index is 12.5. The molecule has 0 saturated carbocycles. The Morgan fingerprint density at radius 3 is 2.64 bits per heavy atom. The monoisotopic (exact) mass is 396 g/mol. The molecule has 0 saturated heterocycles. The molecule has 28 heavy (non-hydrogen) atoms. The number of aryl methyl sites for hydroxylation is 1. The second-order valence-corrected chi connectivity index (χ2v) is 6.29. The highest BCUT2D eigenvalue weighted by Gasteiger charge is 2.11. The van der Waals surface area contributed by atoms with Gasteiger partial charge in [-0.2, -0.15) is 0 Å². The van der Waals surface area contributed by atoms with Gasteiger partial charge in [0.05, 0.1) is 12.7 Å². The highest BCUT2D eigenvalue weighted by Crippen LogP contribution is 2.21. The number of carbonyl (C=O) groups is 2. The third-order valence-electron chi connectivity index (χ3n) is 3.86. The molecule has 0 aliphatic carbocycles. The topological polar surface area (TPSA) is 93.2 Å². The molecule has 1 aromatic heterocycles. The van der Waals surface area contributed by atoms with Gasteiger partial charge in [-0.15, -0.1) is 0 Å². The Bertz CT molecular complexity index is 1040. The van der Waals surface area contributed by atoms with E-state index in [9.17, 15) is 9.59 Å². The molecule has 8 heteroatoms. The average molecular weight is 397 g/mol. The summed E-state index contributed by atoms with van der Waals surface area (Å²) >= 11 is 6.08. The number of aromatic nitrogens is 2. The predicted octanol–water partition coefficient (Wildman–Crippen LogP) is 4.22. The number of nitrogens with zero attached hydrogens (tertiary/aromatic N) is 2. The van der Waals surface area contributed by atoms with Crippen molar-refractivity contribution >= 4 is 40.8 Å². The number of nitrogens with one attached hydrogen (secondary N) is 2. The molecule has 3 rings (SSSR count). The van der Waals surface area contributed by atoms with Gasteiger partial charge in [0.15, 0.2) is 0 Å². The predicted molar refractivity (Wildman–Crippen MR) is 107 cm³/mol. The molecule has 0 aliphatic rings. The van der Waals surface area contributed by atoms with Crippen molar-refractivity contribution in [2.75, 3.05) is 17.7 Å². The lowest BCUT2D eigenvalue weighted by molar-refractivity contribution is 0.0600. The summed E-state index contributed by atoms with van der Waals surface area (Å²) in [5.41, 5.74) is 2.64. The summed E-state index contributed by atoms with van der Waals surface area (Å²) in [6.45, 7) is 1.88. The molecular formula is C20H17ClN4O3. The summed E-state index contributed by atoms with van der Waals surface area (Å²) in [6.07, 6.45) is 1.47. The van der Waals surface area contributed by atoms with Crippen molar-refractivity contribution in [3.63, 3.8) is 0 Å². The summed E-state index contributed by atoms with van der Waals surface area (Å²) in [6, 6.07) is 13.4. The molecule has 7 nitrogen and oxygen atoms in total. The molecular weight excluding hydrogens is 380 g/mol. The first-order valence-corrected chi connectivity index (χ1v) is 8.70. The second-order valence-electron chi connectivity index (χ2n) is 5.88. The fourth-order valence-electron chi connectivity index (χ4n) is 2.38. The highest BCUT2D eigenvalue weighted by molar-refractivity contribution is 6.31. The molecule has 0 atom stereocenters. The molecule has 2 aromatic carbocycles. The molecule has 0 fully saturated rings. The minimum absolute atomic E-state index is 0.179. The van der Waals surface area contributed by atoms with E-state index < -0.39 is 11.9 Å². The summed E-state index contributed by atoms with van der Waals surface area (Å²) < 4.78 is 4.70. The molecule has 2 N–H and O–H groups in total. The zero-order chi connectivity index (χ0) is 20.1. The summed E-state index contributed by atoms with van der Waals surface area (Å²) in [5.74, 6) is -0.625. The zero-order valence-corrected chi connectivity index (χ0v) is 15.9. The van der Waals surface area contributed by atoms with Gasteiger partial charge < -0.3 is 15.4 Å². The average Bonchev–Trinajstić information content (AvgIpc) is 2.70. The van der Waals surface area contributed by atoms with Gasteiger partial charge in [-0.25, -0.2) is 14.8 Å². The van der Waals surface area contributed by atoms with Crippen LogP contribution in [0.4, 0.5) is 17.3 Å². The van der Waals surface area contributed by atoms with Gasteiger partial charge in [-0.1, -0.05) is 23.7 Å². The van der Waals surface area contributed by atoms with Crippen LogP contribution in [0, 0.1) is 6.92 Å². The lowest BCUT2D eigenvalue weighted by Crippen LogP contribution is -2.14. The maximum Gasteiger partial charge on any atom is 0.337 e. The van der Waals surface area contributed by atoms with Crippen molar-refractivity contribution in [2.24, 2.45) is 0 Å². The number of carbonyl (C=O) groups excluding carboxylic acids is 2. The number of ether oxygens (including phenoxy) is 1. The first-order chi connectivity index (χ1) is 13.5. The minimum Gasteiger partial charge on any atom is -0.465 e. The molecule has 0 spiro atoms. The first kappa shape index (κ1) is 19.3. The van der Waals surface area contributed by atoms with Crippen LogP contribution in [0.1, 0.15) is 26.4 Å². The molecule has 0 bridgehead atoms. The summed E-state index contributed by atoms with van der Waals surface area (Å²) in [4.78, 5) is 32.4. The first-order valence-electron chi connectivity index (χ1n) is 8.32. The van der Waals surface area contributed by atoms with Gasteiger partial charge in [0.1, 0.15) is 5.69 Å². The van der Waals surface area contributed by atoms with Gasteiger partial charge in [-0.3, -0.25) is 4.79 Å². The third kappa shape index (κ3) is 4.63. The smallest absolute Gasteiger partial charge is 0.337 e. The van der Waals surface area contributed by atoms with Crippen LogP contribution < -0.4 is 10.6 Å². The Morgan fingerprint density at radius 1 is 1.07 bits per heavy atom. The van der Waals surface area contributed by atoms with Crippen molar-refractivity contribution in [1.82, 2.24) is 9.97 Å². The van der Waals surface area contributed by atoms with Gasteiger partial charge >= 0.3 is 5.97 Å². The van der Waals surface area contributed by atoms with Crippen molar-refractivity contribution in [1.29, 1.82) is 0 Å². The Labute approximate surface area is 166 Å². The highest BCUT2D eigenvalue weighted by atomic mass is 35.5. The van der Waals surface area contributed by atoms with Gasteiger partial charge in [0, 0.05) is 22.6 Å². The number of esters is 1. The molecule has 0 aliphatic heterocycles. The second kappa shape index (κ2) is 8.49. The van der Waals surface area contributed by atoms with Crippen LogP contribution in [0.2, 0.25) is 5.02 Å². The lowest BCUT2D eigenvalue weighted by atomic mass is 10.2. The van der Waals surface area contributed by atoms with Crippen LogP contribution in [0.5, 0.6) is 0 Å². The van der Waals surface area contributed by atoms with Crippen molar-refractivity contribution in [3.8, 4) is 0 Å². The molecule has 1 heterocycles. The van der Waals surface area contributed by atoms with E-state index in [-0.39, 0.29) is 11.6 Å². The number of rotatable bonds is 5. The van der Waals surface area contributed by atoms with E-state index in [0.29, 0.717) is 22.0 Å². The molecule has 3 aromatic rings. The van der Waals surface area contributed by atoms with Crippen molar-refractivity contribution < 1.29 is 14.3 Å². The van der Waals surface area contributed by atoms with Gasteiger partial charge in [-0.05, 0) is 48.9 Å². The SMILES string of the molecule is COC(=O)c1cccc(Nc2nccc(C(=O)Nc3ccc(C)c(Cl)c3)n2)c1. The molecule has 142 valence electrons. The number of amides is 1. The maximum atomic E-state index is 12.5. The van der Waals surface area contributed by atoms with Crippen LogP contribution in [-0.4, -0.2) is 29.0 Å². The van der Waals surface area contributed by atoms with Crippen LogP contribution in [0.25, 0.3) is 0 Å². The molecule has 0 unspecified atom stereocenters. The van der Waals surface area contributed by atoms with E-state index in [1.165, 1.54) is 19.4 Å². The fourth-order valence-corrected chi connectivity index (χ4v) is 2.56. The van der Waals surface area contributed by atoms with E-state index >= 15 is 0 Å². The lowest BCUT2D eigenvalue weighted by Gasteiger charge is -2.09. The number of methoxy groups -OCH3 is 1. The third-order valence-corrected chi connectivity index (χ3v) is 4.26. The van der Waals surface area contributed by atoms with Crippen LogP contribution in [0.3, 0.4) is 0 Å². The summed E-state index contributed by atoms with van der Waals surface area (Å²) in [7, 11) is 1.31. The van der Waals surface area contributed by atoms with Crippen molar-refractivity contribution in [2.45, 2.75) is 6.92 Å². The molecule has 1 amide bonds. The fraction of sp³-hybridized carbons (Fsp3) is 0.100. The number of hydrogen-bond donors (Lipinski definition) is 2. The van der Waals surface area contributed by atoms with Crippen molar-refractivity contribution in [3.05, 3.63) is 76.6 Å². The largest absolute Gasteiger partial charge is 0.465 e. The van der Waals surface area contributed by atoms with Crippen LogP contribution >= 0.6 is 11.6 Å². The number of hydrogen-bond acceptors (Lipinski definition) is 6. The quantitative estimate of drug-likeness (QED) is 0.627. The summed E-state index contributed by atoms with van der Waals surface area (Å²) in [5, 5.41) is 6.28. The van der Waals surface area contributed by atoms with Crippen LogP contribution in [-0.2, 0) is 4.74 Å². The van der Waals surface area contributed by atoms with E-state index in [1.54, 1.807) is 36.4 Å². The number of halogens is 1.